The molecule has 0 aliphatic rings. The van der Waals surface area contributed by atoms with Crippen LogP contribution in [0.1, 0.15) is 15.9 Å². The summed E-state index contributed by atoms with van der Waals surface area (Å²) in [4.78, 5) is 12.6. The molecule has 0 aliphatic heterocycles. The predicted octanol–water partition coefficient (Wildman–Crippen LogP) is 4.71. The number of carbonyl (C=O) groups excluding carboxylic acids is 1. The van der Waals surface area contributed by atoms with E-state index in [2.05, 4.69) is 10.0 Å². The highest BCUT2D eigenvalue weighted by molar-refractivity contribution is 7.92. The van der Waals surface area contributed by atoms with Crippen LogP contribution in [0.3, 0.4) is 0 Å². The average molecular weight is 431 g/mol. The van der Waals surface area contributed by atoms with Crippen LogP contribution < -0.4 is 14.8 Å². The third kappa shape index (κ3) is 4.88. The summed E-state index contributed by atoms with van der Waals surface area (Å²) in [6.07, 6.45) is 0. The Kier molecular flexibility index (Phi) is 6.10. The molecule has 3 rings (SSSR count). The van der Waals surface area contributed by atoms with Gasteiger partial charge in [0, 0.05) is 10.7 Å². The largest absolute Gasteiger partial charge is 0.496 e. The molecule has 0 radical (unpaired) electrons. The number of hydrogen-bond donors (Lipinski definition) is 2. The Morgan fingerprint density at radius 2 is 1.72 bits per heavy atom. The molecule has 1 amide bonds. The van der Waals surface area contributed by atoms with Crippen LogP contribution in [0.4, 0.5) is 11.4 Å². The topological polar surface area (TPSA) is 84.5 Å². The molecule has 2 N–H and O–H groups in total. The third-order valence-electron chi connectivity index (χ3n) is 4.16. The number of anilines is 2. The Labute approximate surface area is 174 Å². The Morgan fingerprint density at radius 3 is 2.45 bits per heavy atom. The Balaban J connectivity index is 1.88. The first-order chi connectivity index (χ1) is 13.8. The van der Waals surface area contributed by atoms with E-state index in [1.54, 1.807) is 61.5 Å². The van der Waals surface area contributed by atoms with Crippen LogP contribution in [0, 0.1) is 6.92 Å². The molecule has 0 heterocycles. The highest BCUT2D eigenvalue weighted by atomic mass is 35.5. The number of sulfonamides is 1. The molecule has 0 saturated heterocycles. The molecule has 150 valence electrons. The van der Waals surface area contributed by atoms with E-state index in [4.69, 9.17) is 16.3 Å². The number of benzene rings is 3. The van der Waals surface area contributed by atoms with Gasteiger partial charge in [0.25, 0.3) is 15.9 Å². The molecule has 3 aromatic rings. The van der Waals surface area contributed by atoms with E-state index in [0.717, 1.165) is 0 Å². The summed E-state index contributed by atoms with van der Waals surface area (Å²) in [5, 5.41) is 3.13. The fourth-order valence-corrected chi connectivity index (χ4v) is 4.27. The van der Waals surface area contributed by atoms with Crippen molar-refractivity contribution < 1.29 is 17.9 Å². The zero-order chi connectivity index (χ0) is 21.0. The number of rotatable bonds is 6. The minimum Gasteiger partial charge on any atom is -0.496 e. The number of halogens is 1. The van der Waals surface area contributed by atoms with Crippen LogP contribution in [0.25, 0.3) is 0 Å². The second kappa shape index (κ2) is 8.55. The van der Waals surface area contributed by atoms with Crippen LogP contribution >= 0.6 is 11.6 Å². The smallest absolute Gasteiger partial charge is 0.262 e. The zero-order valence-electron chi connectivity index (χ0n) is 15.8. The van der Waals surface area contributed by atoms with Gasteiger partial charge in [-0.25, -0.2) is 8.42 Å². The molecule has 0 fully saturated rings. The lowest BCUT2D eigenvalue weighted by atomic mass is 10.1. The first kappa shape index (κ1) is 20.7. The Hall–Kier alpha value is -3.03. The van der Waals surface area contributed by atoms with Crippen molar-refractivity contribution in [3.63, 3.8) is 0 Å². The van der Waals surface area contributed by atoms with Crippen molar-refractivity contribution in [2.45, 2.75) is 11.8 Å². The summed E-state index contributed by atoms with van der Waals surface area (Å²) in [7, 11) is -2.40. The van der Waals surface area contributed by atoms with E-state index < -0.39 is 15.9 Å². The predicted molar refractivity (Wildman–Crippen MR) is 114 cm³/mol. The van der Waals surface area contributed by atoms with Gasteiger partial charge in [0.15, 0.2) is 0 Å². The molecule has 0 spiro atoms. The number of carbonyl (C=O) groups is 1. The number of ether oxygens (including phenoxy) is 1. The summed E-state index contributed by atoms with van der Waals surface area (Å²) in [6.45, 7) is 1.68. The summed E-state index contributed by atoms with van der Waals surface area (Å²) in [5.41, 5.74) is 1.57. The maximum Gasteiger partial charge on any atom is 0.262 e. The highest BCUT2D eigenvalue weighted by Gasteiger charge is 2.19. The molecule has 8 heteroatoms. The van der Waals surface area contributed by atoms with Gasteiger partial charge in [-0.15, -0.1) is 0 Å². The number of aryl methyl sites for hydroxylation is 1. The van der Waals surface area contributed by atoms with Crippen LogP contribution in [-0.2, 0) is 10.0 Å². The standard InChI is InChI=1S/C21H19ClN2O4S/c1-14-10-11-16(23-21(25)18-8-3-4-9-19(18)28-2)13-20(14)29(26,27)24-17-7-5-6-15(22)12-17/h3-13,24H,1-2H3,(H,23,25). The van der Waals surface area contributed by atoms with Crippen molar-refractivity contribution in [3.8, 4) is 5.75 Å². The van der Waals surface area contributed by atoms with Gasteiger partial charge in [-0.1, -0.05) is 35.9 Å². The SMILES string of the molecule is COc1ccccc1C(=O)Nc1ccc(C)c(S(=O)(=O)Nc2cccc(Cl)c2)c1. The molecule has 0 atom stereocenters. The van der Waals surface area contributed by atoms with E-state index in [1.165, 1.54) is 19.2 Å². The van der Waals surface area contributed by atoms with Crippen LogP contribution in [0.5, 0.6) is 5.75 Å². The monoisotopic (exact) mass is 430 g/mol. The second-order valence-corrected chi connectivity index (χ2v) is 8.34. The van der Waals surface area contributed by atoms with Crippen molar-refractivity contribution >= 4 is 38.9 Å². The van der Waals surface area contributed by atoms with Gasteiger partial charge in [-0.2, -0.15) is 0 Å². The molecule has 29 heavy (non-hydrogen) atoms. The second-order valence-electron chi connectivity index (χ2n) is 6.25. The van der Waals surface area contributed by atoms with E-state index in [9.17, 15) is 13.2 Å². The third-order valence-corrected chi connectivity index (χ3v) is 5.92. The van der Waals surface area contributed by atoms with Crippen molar-refractivity contribution in [1.29, 1.82) is 0 Å². The highest BCUT2D eigenvalue weighted by Crippen LogP contribution is 2.25. The number of methoxy groups -OCH3 is 1. The van der Waals surface area contributed by atoms with Gasteiger partial charge in [0.05, 0.1) is 23.3 Å². The number of para-hydroxylation sites is 1. The summed E-state index contributed by atoms with van der Waals surface area (Å²) < 4.78 is 33.4. The molecule has 0 aliphatic carbocycles. The first-order valence-corrected chi connectivity index (χ1v) is 10.5. The van der Waals surface area contributed by atoms with Gasteiger partial charge in [0.2, 0.25) is 0 Å². The van der Waals surface area contributed by atoms with Crippen molar-refractivity contribution in [3.05, 3.63) is 82.9 Å². The number of hydrogen-bond acceptors (Lipinski definition) is 4. The summed E-state index contributed by atoms with van der Waals surface area (Å²) in [6, 6.07) is 17.9. The molecule has 0 unspecified atom stereocenters. The molecule has 0 saturated carbocycles. The number of amides is 1. The lowest BCUT2D eigenvalue weighted by molar-refractivity contribution is 0.102. The fraction of sp³-hybridized carbons (Fsp3) is 0.0952. The quantitative estimate of drug-likeness (QED) is 0.593. The normalized spacial score (nSPS) is 11.0. The maximum absolute atomic E-state index is 12.9. The van der Waals surface area contributed by atoms with Gasteiger partial charge in [0.1, 0.15) is 5.75 Å². The van der Waals surface area contributed by atoms with Gasteiger partial charge >= 0.3 is 0 Å². The van der Waals surface area contributed by atoms with Crippen LogP contribution in [0.2, 0.25) is 5.02 Å². The molecule has 0 bridgehead atoms. The van der Waals surface area contributed by atoms with E-state index >= 15 is 0 Å². The zero-order valence-corrected chi connectivity index (χ0v) is 17.3. The fourth-order valence-electron chi connectivity index (χ4n) is 2.76. The molecular formula is C21H19ClN2O4S. The minimum atomic E-state index is -3.88. The first-order valence-electron chi connectivity index (χ1n) is 8.63. The molecular weight excluding hydrogens is 412 g/mol. The van der Waals surface area contributed by atoms with Crippen molar-refractivity contribution in [2.24, 2.45) is 0 Å². The van der Waals surface area contributed by atoms with Crippen molar-refractivity contribution in [1.82, 2.24) is 0 Å². The Bertz CT molecular complexity index is 1160. The van der Waals surface area contributed by atoms with E-state index in [0.29, 0.717) is 33.3 Å². The molecule has 6 nitrogen and oxygen atoms in total. The number of nitrogens with one attached hydrogen (secondary N) is 2. The van der Waals surface area contributed by atoms with Gasteiger partial charge in [-0.05, 0) is 55.0 Å². The Morgan fingerprint density at radius 1 is 0.966 bits per heavy atom. The van der Waals surface area contributed by atoms with Crippen LogP contribution in [-0.4, -0.2) is 21.4 Å². The lowest BCUT2D eigenvalue weighted by Gasteiger charge is -2.13. The van der Waals surface area contributed by atoms with Gasteiger partial charge in [-0.3, -0.25) is 9.52 Å². The van der Waals surface area contributed by atoms with Crippen molar-refractivity contribution in [2.75, 3.05) is 17.1 Å². The van der Waals surface area contributed by atoms with Gasteiger partial charge < -0.3 is 10.1 Å². The summed E-state index contributed by atoms with van der Waals surface area (Å²) in [5.74, 6) is 0.0185. The average Bonchev–Trinajstić information content (AvgIpc) is 2.69. The van der Waals surface area contributed by atoms with E-state index in [1.807, 2.05) is 0 Å². The summed E-state index contributed by atoms with van der Waals surface area (Å²) >= 11 is 5.92. The lowest BCUT2D eigenvalue weighted by Crippen LogP contribution is -2.16. The molecule has 3 aromatic carbocycles. The van der Waals surface area contributed by atoms with Crippen LogP contribution in [0.15, 0.2) is 71.6 Å². The molecule has 0 aromatic heterocycles. The van der Waals surface area contributed by atoms with E-state index in [-0.39, 0.29) is 4.90 Å². The minimum absolute atomic E-state index is 0.0512. The maximum atomic E-state index is 12.9.